The Morgan fingerprint density at radius 2 is 1.74 bits per heavy atom. The molecular formula is C16H21N5O2. The highest BCUT2D eigenvalue weighted by atomic mass is 16.4. The van der Waals surface area contributed by atoms with Crippen LogP contribution in [0.1, 0.15) is 23.1 Å². The smallest absolute Gasteiger partial charge is 0.358 e. The van der Waals surface area contributed by atoms with Crippen LogP contribution < -0.4 is 4.90 Å². The van der Waals surface area contributed by atoms with E-state index in [0.717, 1.165) is 31.9 Å². The number of likely N-dealkylation sites (N-methyl/N-ethyl adjacent to an activating group) is 1. The van der Waals surface area contributed by atoms with Crippen LogP contribution >= 0.6 is 0 Å². The van der Waals surface area contributed by atoms with E-state index in [2.05, 4.69) is 39.3 Å². The van der Waals surface area contributed by atoms with Crippen molar-refractivity contribution in [1.82, 2.24) is 19.9 Å². The molecule has 0 spiro atoms. The summed E-state index contributed by atoms with van der Waals surface area (Å²) >= 11 is 0. The van der Waals surface area contributed by atoms with E-state index in [9.17, 15) is 4.79 Å². The summed E-state index contributed by atoms with van der Waals surface area (Å²) in [5.74, 6) is -1.04. The van der Waals surface area contributed by atoms with Crippen molar-refractivity contribution in [1.29, 1.82) is 0 Å². The topological polar surface area (TPSA) is 74.5 Å². The Morgan fingerprint density at radius 1 is 1.13 bits per heavy atom. The number of hydrogen-bond donors (Lipinski definition) is 1. The van der Waals surface area contributed by atoms with Gasteiger partial charge in [-0.25, -0.2) is 9.48 Å². The first kappa shape index (κ1) is 15.5. The Labute approximate surface area is 135 Å². The van der Waals surface area contributed by atoms with E-state index < -0.39 is 5.97 Å². The maximum absolute atomic E-state index is 11.2. The molecule has 0 bridgehead atoms. The summed E-state index contributed by atoms with van der Waals surface area (Å²) in [5.41, 5.74) is 2.65. The zero-order valence-corrected chi connectivity index (χ0v) is 13.4. The number of carboxylic acids is 1. The molecule has 0 saturated carbocycles. The fourth-order valence-electron chi connectivity index (χ4n) is 2.86. The van der Waals surface area contributed by atoms with Gasteiger partial charge < -0.3 is 14.9 Å². The molecule has 1 N–H and O–H groups in total. The largest absolute Gasteiger partial charge is 0.476 e. The Kier molecular flexibility index (Phi) is 4.29. The van der Waals surface area contributed by atoms with Crippen molar-refractivity contribution in [3.8, 4) is 5.69 Å². The molecule has 0 unspecified atom stereocenters. The van der Waals surface area contributed by atoms with E-state index >= 15 is 0 Å². The molecule has 7 nitrogen and oxygen atoms in total. The number of rotatable bonds is 4. The molecule has 122 valence electrons. The number of aromatic carboxylic acids is 1. The predicted molar refractivity (Wildman–Crippen MR) is 87.4 cm³/mol. The van der Waals surface area contributed by atoms with Crippen LogP contribution in [0, 0.1) is 0 Å². The van der Waals surface area contributed by atoms with Gasteiger partial charge in [-0.05, 0) is 37.7 Å². The molecule has 0 radical (unpaired) electrons. The Morgan fingerprint density at radius 3 is 2.30 bits per heavy atom. The number of nitrogens with zero attached hydrogens (tertiary/aromatic N) is 5. The lowest BCUT2D eigenvalue weighted by Gasteiger charge is -2.34. The zero-order chi connectivity index (χ0) is 16.4. The van der Waals surface area contributed by atoms with Gasteiger partial charge in [0.05, 0.1) is 11.4 Å². The van der Waals surface area contributed by atoms with Gasteiger partial charge in [0.25, 0.3) is 0 Å². The summed E-state index contributed by atoms with van der Waals surface area (Å²) in [6, 6.07) is 8.05. The minimum atomic E-state index is -1.04. The lowest BCUT2D eigenvalue weighted by atomic mass is 10.2. The molecule has 1 aromatic heterocycles. The van der Waals surface area contributed by atoms with Crippen LogP contribution in [0.2, 0.25) is 0 Å². The Bertz CT molecular complexity index is 687. The van der Waals surface area contributed by atoms with Gasteiger partial charge in [0.2, 0.25) is 0 Å². The second-order valence-corrected chi connectivity index (χ2v) is 5.76. The van der Waals surface area contributed by atoms with Gasteiger partial charge in [-0.15, -0.1) is 5.10 Å². The van der Waals surface area contributed by atoms with Crippen LogP contribution in [0.25, 0.3) is 5.69 Å². The first-order chi connectivity index (χ1) is 11.1. The second kappa shape index (κ2) is 6.37. The minimum absolute atomic E-state index is 0.0237. The number of hydrogen-bond acceptors (Lipinski definition) is 5. The first-order valence-corrected chi connectivity index (χ1v) is 7.82. The van der Waals surface area contributed by atoms with Crippen LogP contribution in [0.15, 0.2) is 24.3 Å². The molecule has 7 heteroatoms. The Balaban J connectivity index is 1.84. The standard InChI is InChI=1S/C16H21N5O2/c1-3-14-15(16(22)23)17-18-21(14)13-6-4-12(5-7-13)20-10-8-19(2)9-11-20/h4-7H,3,8-11H2,1-2H3,(H,22,23). The van der Waals surface area contributed by atoms with Gasteiger partial charge in [0, 0.05) is 31.9 Å². The van der Waals surface area contributed by atoms with Crippen LogP contribution in [-0.4, -0.2) is 64.2 Å². The van der Waals surface area contributed by atoms with Gasteiger partial charge in [0.15, 0.2) is 5.69 Å². The molecule has 1 aliphatic rings. The highest BCUT2D eigenvalue weighted by Gasteiger charge is 2.19. The number of aromatic nitrogens is 3. The molecule has 0 aliphatic carbocycles. The summed E-state index contributed by atoms with van der Waals surface area (Å²) in [6.45, 7) is 6.06. The number of benzene rings is 1. The third kappa shape index (κ3) is 3.05. The summed E-state index contributed by atoms with van der Waals surface area (Å²) in [7, 11) is 2.14. The molecule has 2 aromatic rings. The predicted octanol–water partition coefficient (Wildman–Crippen LogP) is 1.28. The lowest BCUT2D eigenvalue weighted by Crippen LogP contribution is -2.44. The van der Waals surface area contributed by atoms with E-state index in [-0.39, 0.29) is 5.69 Å². The normalized spacial score (nSPS) is 15.8. The number of piperazine rings is 1. The van der Waals surface area contributed by atoms with Gasteiger partial charge in [-0.1, -0.05) is 12.1 Å². The summed E-state index contributed by atoms with van der Waals surface area (Å²) < 4.78 is 1.61. The van der Waals surface area contributed by atoms with Crippen molar-refractivity contribution < 1.29 is 9.90 Å². The van der Waals surface area contributed by atoms with Crippen molar-refractivity contribution in [3.05, 3.63) is 35.7 Å². The first-order valence-electron chi connectivity index (χ1n) is 7.82. The van der Waals surface area contributed by atoms with Crippen molar-refractivity contribution in [2.24, 2.45) is 0 Å². The second-order valence-electron chi connectivity index (χ2n) is 5.76. The van der Waals surface area contributed by atoms with Crippen molar-refractivity contribution in [3.63, 3.8) is 0 Å². The maximum atomic E-state index is 11.2. The highest BCUT2D eigenvalue weighted by molar-refractivity contribution is 5.86. The Hall–Kier alpha value is -2.41. The maximum Gasteiger partial charge on any atom is 0.358 e. The molecule has 23 heavy (non-hydrogen) atoms. The summed E-state index contributed by atoms with van der Waals surface area (Å²) in [4.78, 5) is 15.9. The van der Waals surface area contributed by atoms with E-state index in [1.54, 1.807) is 4.68 Å². The highest BCUT2D eigenvalue weighted by Crippen LogP contribution is 2.20. The van der Waals surface area contributed by atoms with E-state index in [0.29, 0.717) is 12.1 Å². The average Bonchev–Trinajstić information content (AvgIpc) is 3.00. The van der Waals surface area contributed by atoms with E-state index in [1.165, 1.54) is 5.69 Å². The van der Waals surface area contributed by atoms with Gasteiger partial charge in [0.1, 0.15) is 0 Å². The number of anilines is 1. The molecule has 2 heterocycles. The SMILES string of the molecule is CCc1c(C(=O)O)nnn1-c1ccc(N2CCN(C)CC2)cc1. The molecule has 1 aromatic carbocycles. The quantitative estimate of drug-likeness (QED) is 0.916. The van der Waals surface area contributed by atoms with E-state index in [1.807, 2.05) is 19.1 Å². The average molecular weight is 315 g/mol. The molecule has 0 atom stereocenters. The van der Waals surface area contributed by atoms with Gasteiger partial charge in [-0.2, -0.15) is 0 Å². The summed E-state index contributed by atoms with van der Waals surface area (Å²) in [5, 5.41) is 16.9. The molecule has 0 amide bonds. The summed E-state index contributed by atoms with van der Waals surface area (Å²) in [6.07, 6.45) is 0.564. The number of carboxylic acid groups (broad SMARTS) is 1. The lowest BCUT2D eigenvalue weighted by molar-refractivity contribution is 0.0689. The minimum Gasteiger partial charge on any atom is -0.476 e. The fraction of sp³-hybridized carbons (Fsp3) is 0.438. The fourth-order valence-corrected chi connectivity index (χ4v) is 2.86. The van der Waals surface area contributed by atoms with Crippen LogP contribution in [0.5, 0.6) is 0 Å². The zero-order valence-electron chi connectivity index (χ0n) is 13.4. The molecule has 1 fully saturated rings. The van der Waals surface area contributed by atoms with Crippen LogP contribution in [-0.2, 0) is 6.42 Å². The van der Waals surface area contributed by atoms with Gasteiger partial charge >= 0.3 is 5.97 Å². The van der Waals surface area contributed by atoms with Crippen molar-refractivity contribution >= 4 is 11.7 Å². The van der Waals surface area contributed by atoms with Crippen LogP contribution in [0.4, 0.5) is 5.69 Å². The van der Waals surface area contributed by atoms with Crippen molar-refractivity contribution in [2.75, 3.05) is 38.1 Å². The van der Waals surface area contributed by atoms with Gasteiger partial charge in [-0.3, -0.25) is 0 Å². The molecule has 1 aliphatic heterocycles. The van der Waals surface area contributed by atoms with Crippen LogP contribution in [0.3, 0.4) is 0 Å². The molecule has 1 saturated heterocycles. The monoisotopic (exact) mass is 315 g/mol. The third-order valence-corrected chi connectivity index (χ3v) is 4.26. The molecule has 3 rings (SSSR count). The molecular weight excluding hydrogens is 294 g/mol. The van der Waals surface area contributed by atoms with Crippen molar-refractivity contribution in [2.45, 2.75) is 13.3 Å². The number of carbonyl (C=O) groups is 1. The van der Waals surface area contributed by atoms with E-state index in [4.69, 9.17) is 5.11 Å². The third-order valence-electron chi connectivity index (χ3n) is 4.26.